The maximum absolute atomic E-state index is 12.1. The number of amides is 2. The Morgan fingerprint density at radius 1 is 1.35 bits per heavy atom. The van der Waals surface area contributed by atoms with E-state index in [1.807, 2.05) is 0 Å². The van der Waals surface area contributed by atoms with E-state index in [4.69, 9.17) is 0 Å². The molecule has 0 unspecified atom stereocenters. The molecule has 20 heavy (non-hydrogen) atoms. The van der Waals surface area contributed by atoms with Gasteiger partial charge in [-0.1, -0.05) is 30.9 Å². The zero-order chi connectivity index (χ0) is 14.6. The van der Waals surface area contributed by atoms with Gasteiger partial charge in [-0.15, -0.1) is 0 Å². The Labute approximate surface area is 120 Å². The maximum Gasteiger partial charge on any atom is 0.317 e. The number of carbonyl (C=O) groups excluding carboxylic acids is 1. The third-order valence-electron chi connectivity index (χ3n) is 4.57. The Morgan fingerprint density at radius 3 is 2.60 bits per heavy atom. The van der Waals surface area contributed by atoms with Crippen LogP contribution in [-0.4, -0.2) is 41.6 Å². The average molecular weight is 280 g/mol. The lowest BCUT2D eigenvalue weighted by molar-refractivity contribution is -0.150. The fraction of sp³-hybridized carbons (Fsp3) is 0.733. The molecule has 2 rings (SSSR count). The number of carbonyl (C=O) groups is 2. The summed E-state index contributed by atoms with van der Waals surface area (Å²) in [6.07, 6.45) is 7.26. The van der Waals surface area contributed by atoms with Gasteiger partial charge in [0.25, 0.3) is 0 Å². The van der Waals surface area contributed by atoms with E-state index in [0.29, 0.717) is 25.9 Å². The molecule has 1 fully saturated rings. The van der Waals surface area contributed by atoms with Gasteiger partial charge in [0, 0.05) is 19.6 Å². The largest absolute Gasteiger partial charge is 0.481 e. The van der Waals surface area contributed by atoms with Crippen LogP contribution in [0.25, 0.3) is 0 Å². The number of urea groups is 1. The molecule has 0 saturated heterocycles. The van der Waals surface area contributed by atoms with Crippen molar-refractivity contribution in [2.75, 3.05) is 19.6 Å². The summed E-state index contributed by atoms with van der Waals surface area (Å²) in [7, 11) is 0. The van der Waals surface area contributed by atoms with Gasteiger partial charge in [0.2, 0.25) is 0 Å². The smallest absolute Gasteiger partial charge is 0.317 e. The fourth-order valence-electron chi connectivity index (χ4n) is 3.01. The van der Waals surface area contributed by atoms with E-state index in [2.05, 4.69) is 18.3 Å². The van der Waals surface area contributed by atoms with E-state index in [-0.39, 0.29) is 12.6 Å². The third-order valence-corrected chi connectivity index (χ3v) is 4.57. The van der Waals surface area contributed by atoms with E-state index in [9.17, 15) is 14.7 Å². The van der Waals surface area contributed by atoms with Gasteiger partial charge >= 0.3 is 12.0 Å². The van der Waals surface area contributed by atoms with Crippen molar-refractivity contribution in [3.8, 4) is 0 Å². The number of nitrogens with one attached hydrogen (secondary N) is 1. The molecule has 0 radical (unpaired) electrons. The summed E-state index contributed by atoms with van der Waals surface area (Å²) in [6, 6.07) is -0.139. The lowest BCUT2D eigenvalue weighted by Crippen LogP contribution is -2.49. The molecule has 0 aromatic carbocycles. The van der Waals surface area contributed by atoms with Crippen molar-refractivity contribution in [3.63, 3.8) is 0 Å². The highest BCUT2D eigenvalue weighted by Crippen LogP contribution is 2.36. The van der Waals surface area contributed by atoms with Crippen molar-refractivity contribution in [2.24, 2.45) is 5.41 Å². The number of carboxylic acids is 1. The minimum absolute atomic E-state index is 0.139. The van der Waals surface area contributed by atoms with Gasteiger partial charge in [0.05, 0.1) is 5.41 Å². The van der Waals surface area contributed by atoms with Crippen molar-refractivity contribution in [1.82, 2.24) is 10.2 Å². The van der Waals surface area contributed by atoms with E-state index in [1.54, 1.807) is 4.90 Å². The van der Waals surface area contributed by atoms with Crippen LogP contribution in [-0.2, 0) is 4.79 Å². The number of aliphatic carboxylic acids is 1. The summed E-state index contributed by atoms with van der Waals surface area (Å²) in [4.78, 5) is 25.4. The normalized spacial score (nSPS) is 22.1. The SMILES string of the molecule is CC1=CCN(C(=O)NCC2(C(=O)O)CCCCC2)CC1. The lowest BCUT2D eigenvalue weighted by Gasteiger charge is -2.34. The first kappa shape index (κ1) is 14.9. The number of hydrogen-bond acceptors (Lipinski definition) is 2. The van der Waals surface area contributed by atoms with Crippen molar-refractivity contribution in [1.29, 1.82) is 0 Å². The van der Waals surface area contributed by atoms with Crippen LogP contribution in [0.1, 0.15) is 45.4 Å². The first-order chi connectivity index (χ1) is 9.53. The molecule has 112 valence electrons. The van der Waals surface area contributed by atoms with E-state index in [1.165, 1.54) is 5.57 Å². The van der Waals surface area contributed by atoms with E-state index in [0.717, 1.165) is 25.7 Å². The van der Waals surface area contributed by atoms with Gasteiger partial charge < -0.3 is 15.3 Å². The summed E-state index contributed by atoms with van der Waals surface area (Å²) in [5, 5.41) is 12.3. The zero-order valence-corrected chi connectivity index (χ0v) is 12.2. The van der Waals surface area contributed by atoms with Crippen molar-refractivity contribution >= 4 is 12.0 Å². The number of rotatable bonds is 3. The molecule has 1 aliphatic heterocycles. The van der Waals surface area contributed by atoms with Crippen LogP contribution in [0.2, 0.25) is 0 Å². The third kappa shape index (κ3) is 3.32. The highest BCUT2D eigenvalue weighted by atomic mass is 16.4. The topological polar surface area (TPSA) is 69.6 Å². The van der Waals surface area contributed by atoms with E-state index >= 15 is 0 Å². The Kier molecular flexibility index (Phi) is 4.68. The molecular weight excluding hydrogens is 256 g/mol. The van der Waals surface area contributed by atoms with Crippen LogP contribution in [0, 0.1) is 5.41 Å². The van der Waals surface area contributed by atoms with Gasteiger partial charge in [-0.25, -0.2) is 4.79 Å². The monoisotopic (exact) mass is 280 g/mol. The van der Waals surface area contributed by atoms with E-state index < -0.39 is 11.4 Å². The van der Waals surface area contributed by atoms with Crippen LogP contribution in [0.4, 0.5) is 4.79 Å². The molecule has 0 aromatic heterocycles. The second-order valence-corrected chi connectivity index (χ2v) is 6.05. The molecule has 2 aliphatic rings. The molecule has 1 aliphatic carbocycles. The summed E-state index contributed by atoms with van der Waals surface area (Å²) in [5.74, 6) is -0.771. The maximum atomic E-state index is 12.1. The quantitative estimate of drug-likeness (QED) is 0.780. The Balaban J connectivity index is 1.89. The predicted octanol–water partition coefficient (Wildman–Crippen LogP) is 2.38. The van der Waals surface area contributed by atoms with Crippen LogP contribution in [0.15, 0.2) is 11.6 Å². The van der Waals surface area contributed by atoms with Gasteiger partial charge in [-0.3, -0.25) is 4.79 Å². The van der Waals surface area contributed by atoms with Crippen LogP contribution < -0.4 is 5.32 Å². The van der Waals surface area contributed by atoms with Gasteiger partial charge in [-0.2, -0.15) is 0 Å². The highest BCUT2D eigenvalue weighted by molar-refractivity contribution is 5.78. The second-order valence-electron chi connectivity index (χ2n) is 6.05. The fourth-order valence-corrected chi connectivity index (χ4v) is 3.01. The predicted molar refractivity (Wildman–Crippen MR) is 76.5 cm³/mol. The van der Waals surface area contributed by atoms with Gasteiger partial charge in [0.1, 0.15) is 0 Å². The van der Waals surface area contributed by atoms with Gasteiger partial charge in [-0.05, 0) is 26.2 Å². The second kappa shape index (κ2) is 6.29. The summed E-state index contributed by atoms with van der Waals surface area (Å²) in [5.41, 5.74) is 0.554. The minimum Gasteiger partial charge on any atom is -0.481 e. The molecule has 5 heteroatoms. The average Bonchev–Trinajstić information content (AvgIpc) is 2.46. The molecule has 0 aromatic rings. The number of nitrogens with zero attached hydrogens (tertiary/aromatic N) is 1. The van der Waals surface area contributed by atoms with Crippen molar-refractivity contribution < 1.29 is 14.7 Å². The molecule has 0 atom stereocenters. The van der Waals surface area contributed by atoms with Crippen LogP contribution in [0.5, 0.6) is 0 Å². The number of hydrogen-bond donors (Lipinski definition) is 2. The Morgan fingerprint density at radius 2 is 2.05 bits per heavy atom. The van der Waals surface area contributed by atoms with Gasteiger partial charge in [0.15, 0.2) is 0 Å². The molecule has 1 saturated carbocycles. The summed E-state index contributed by atoms with van der Waals surface area (Å²) >= 11 is 0. The standard InChI is InChI=1S/C15H24N2O3/c1-12-5-9-17(10-6-12)14(20)16-11-15(13(18)19)7-3-2-4-8-15/h5H,2-4,6-11H2,1H3,(H,16,20)(H,18,19). The van der Waals surface area contributed by atoms with Crippen molar-refractivity contribution in [2.45, 2.75) is 45.4 Å². The van der Waals surface area contributed by atoms with Crippen LogP contribution >= 0.6 is 0 Å². The zero-order valence-electron chi connectivity index (χ0n) is 12.2. The first-order valence-electron chi connectivity index (χ1n) is 7.45. The molecule has 0 bridgehead atoms. The molecule has 0 spiro atoms. The Bertz CT molecular complexity index is 411. The molecule has 2 N–H and O–H groups in total. The molecular formula is C15H24N2O3. The molecule has 1 heterocycles. The first-order valence-corrected chi connectivity index (χ1v) is 7.45. The Hall–Kier alpha value is -1.52. The van der Waals surface area contributed by atoms with Crippen molar-refractivity contribution in [3.05, 3.63) is 11.6 Å². The minimum atomic E-state index is -0.771. The molecule has 2 amide bonds. The summed E-state index contributed by atoms with van der Waals surface area (Å²) < 4.78 is 0. The van der Waals surface area contributed by atoms with Crippen LogP contribution in [0.3, 0.4) is 0 Å². The lowest BCUT2D eigenvalue weighted by atomic mass is 9.74. The number of carboxylic acid groups (broad SMARTS) is 1. The molecule has 5 nitrogen and oxygen atoms in total. The summed E-state index contributed by atoms with van der Waals surface area (Å²) in [6.45, 7) is 3.66. The highest BCUT2D eigenvalue weighted by Gasteiger charge is 2.40.